The minimum atomic E-state index is -0.426. The summed E-state index contributed by atoms with van der Waals surface area (Å²) in [6, 6.07) is 7.07. The van der Waals surface area contributed by atoms with Crippen LogP contribution in [0.1, 0.15) is 5.56 Å². The lowest BCUT2D eigenvalue weighted by Gasteiger charge is -2.04. The van der Waals surface area contributed by atoms with Crippen molar-refractivity contribution in [2.45, 2.75) is 6.61 Å². The van der Waals surface area contributed by atoms with Gasteiger partial charge in [-0.15, -0.1) is 0 Å². The highest BCUT2D eigenvalue weighted by atomic mass is 35.5. The average molecular weight is 227 g/mol. The lowest BCUT2D eigenvalue weighted by Crippen LogP contribution is -2.10. The highest BCUT2D eigenvalue weighted by Crippen LogP contribution is 2.10. The topological polar surface area (TPSA) is 35.5 Å². The Balaban J connectivity index is 2.33. The van der Waals surface area contributed by atoms with E-state index in [1.807, 2.05) is 0 Å². The average Bonchev–Trinajstić information content (AvgIpc) is 2.25. The maximum atomic E-state index is 11.0. The number of benzene rings is 1. The number of carbonyl (C=O) groups is 1. The Morgan fingerprint density at radius 2 is 2.07 bits per heavy atom. The molecule has 0 bridgehead atoms. The van der Waals surface area contributed by atoms with Crippen LogP contribution in [0, 0.1) is 0 Å². The summed E-state index contributed by atoms with van der Waals surface area (Å²) in [5.74, 6) is -0.426. The summed E-state index contributed by atoms with van der Waals surface area (Å²) >= 11 is 5.70. The van der Waals surface area contributed by atoms with Crippen LogP contribution in [-0.4, -0.2) is 12.6 Å². The molecule has 4 heteroatoms. The van der Waals surface area contributed by atoms with Crippen molar-refractivity contribution in [1.82, 2.24) is 0 Å². The molecule has 0 atom stereocenters. The van der Waals surface area contributed by atoms with E-state index in [0.717, 1.165) is 5.56 Å². The largest absolute Gasteiger partial charge is 0.490 e. The minimum absolute atomic E-state index is 0.114. The van der Waals surface area contributed by atoms with Crippen LogP contribution in [0.15, 0.2) is 37.1 Å². The van der Waals surface area contributed by atoms with Crippen molar-refractivity contribution in [3.05, 3.63) is 47.7 Å². The molecule has 1 aromatic carbocycles. The fraction of sp³-hybridized carbons (Fsp3) is 0.182. The molecule has 0 N–H and O–H groups in total. The summed E-state index contributed by atoms with van der Waals surface area (Å²) in [6.07, 6.45) is 1.20. The van der Waals surface area contributed by atoms with Crippen LogP contribution in [-0.2, 0) is 20.9 Å². The van der Waals surface area contributed by atoms with Crippen molar-refractivity contribution >= 4 is 17.6 Å². The second-order valence-corrected chi connectivity index (χ2v) is 3.20. The van der Waals surface area contributed by atoms with Gasteiger partial charge in [0.05, 0.1) is 6.26 Å². The fourth-order valence-electron chi connectivity index (χ4n) is 0.913. The van der Waals surface area contributed by atoms with Gasteiger partial charge < -0.3 is 9.47 Å². The van der Waals surface area contributed by atoms with Gasteiger partial charge in [0, 0.05) is 5.02 Å². The Morgan fingerprint density at radius 3 is 2.67 bits per heavy atom. The molecule has 15 heavy (non-hydrogen) atoms. The van der Waals surface area contributed by atoms with Crippen molar-refractivity contribution in [1.29, 1.82) is 0 Å². The first-order chi connectivity index (χ1) is 7.22. The van der Waals surface area contributed by atoms with E-state index in [0.29, 0.717) is 5.02 Å². The van der Waals surface area contributed by atoms with Crippen LogP contribution in [0.5, 0.6) is 0 Å². The van der Waals surface area contributed by atoms with E-state index in [1.54, 1.807) is 24.3 Å². The molecule has 3 nitrogen and oxygen atoms in total. The summed E-state index contributed by atoms with van der Waals surface area (Å²) in [5, 5.41) is 0.653. The molecular formula is C11H11ClO3. The molecule has 80 valence electrons. The first-order valence-electron chi connectivity index (χ1n) is 4.35. The standard InChI is InChI=1S/C11H11ClO3/c1-2-14-8-11(13)15-7-9-3-5-10(12)6-4-9/h2-6H,1,7-8H2. The highest BCUT2D eigenvalue weighted by Gasteiger charge is 2.02. The number of hydrogen-bond donors (Lipinski definition) is 0. The Kier molecular flexibility index (Phi) is 4.71. The SMILES string of the molecule is C=COCC(=O)OCc1ccc(Cl)cc1. The molecule has 0 radical (unpaired) electrons. The number of halogens is 1. The van der Waals surface area contributed by atoms with Crippen LogP contribution in [0.3, 0.4) is 0 Å². The zero-order chi connectivity index (χ0) is 11.1. The van der Waals surface area contributed by atoms with Crippen LogP contribution in [0.4, 0.5) is 0 Å². The Morgan fingerprint density at radius 1 is 1.40 bits per heavy atom. The molecule has 1 rings (SSSR count). The first kappa shape index (κ1) is 11.6. The predicted molar refractivity (Wildman–Crippen MR) is 57.4 cm³/mol. The first-order valence-corrected chi connectivity index (χ1v) is 4.72. The van der Waals surface area contributed by atoms with Gasteiger partial charge >= 0.3 is 5.97 Å². The van der Waals surface area contributed by atoms with E-state index in [-0.39, 0.29) is 13.2 Å². The summed E-state index contributed by atoms with van der Waals surface area (Å²) in [6.45, 7) is 3.42. The molecule has 0 unspecified atom stereocenters. The van der Waals surface area contributed by atoms with Crippen molar-refractivity contribution < 1.29 is 14.3 Å². The molecule has 0 aliphatic rings. The van der Waals surface area contributed by atoms with E-state index in [9.17, 15) is 4.79 Å². The van der Waals surface area contributed by atoms with Crippen LogP contribution in [0.25, 0.3) is 0 Å². The minimum Gasteiger partial charge on any atom is -0.490 e. The van der Waals surface area contributed by atoms with Gasteiger partial charge in [-0.1, -0.05) is 30.3 Å². The Labute approximate surface area is 93.3 Å². The quantitative estimate of drug-likeness (QED) is 0.572. The molecule has 0 saturated heterocycles. The van der Waals surface area contributed by atoms with Gasteiger partial charge in [0.15, 0.2) is 6.61 Å². The molecule has 0 aromatic heterocycles. The number of rotatable bonds is 5. The lowest BCUT2D eigenvalue weighted by molar-refractivity contribution is -0.148. The number of ether oxygens (including phenoxy) is 2. The van der Waals surface area contributed by atoms with Crippen molar-refractivity contribution in [2.24, 2.45) is 0 Å². The van der Waals surface area contributed by atoms with Gasteiger partial charge in [-0.3, -0.25) is 0 Å². The van der Waals surface area contributed by atoms with Gasteiger partial charge in [-0.25, -0.2) is 4.79 Å². The normalized spacial score (nSPS) is 9.40. The number of hydrogen-bond acceptors (Lipinski definition) is 3. The zero-order valence-corrected chi connectivity index (χ0v) is 8.87. The van der Waals surface area contributed by atoms with Crippen molar-refractivity contribution in [3.8, 4) is 0 Å². The van der Waals surface area contributed by atoms with E-state index in [4.69, 9.17) is 16.3 Å². The molecule has 0 heterocycles. The molecule has 1 aromatic rings. The van der Waals surface area contributed by atoms with Gasteiger partial charge in [-0.2, -0.15) is 0 Å². The third-order valence-electron chi connectivity index (χ3n) is 1.63. The third kappa shape index (κ3) is 4.51. The van der Waals surface area contributed by atoms with Crippen molar-refractivity contribution in [2.75, 3.05) is 6.61 Å². The zero-order valence-electron chi connectivity index (χ0n) is 8.11. The maximum absolute atomic E-state index is 11.0. The van der Waals surface area contributed by atoms with Gasteiger partial charge in [0.25, 0.3) is 0 Å². The van der Waals surface area contributed by atoms with Crippen LogP contribution < -0.4 is 0 Å². The Bertz CT molecular complexity index is 332. The summed E-state index contributed by atoms with van der Waals surface area (Å²) < 4.78 is 9.59. The molecule has 0 fully saturated rings. The monoisotopic (exact) mass is 226 g/mol. The Hall–Kier alpha value is -1.48. The summed E-state index contributed by atoms with van der Waals surface area (Å²) in [5.41, 5.74) is 0.881. The van der Waals surface area contributed by atoms with E-state index >= 15 is 0 Å². The highest BCUT2D eigenvalue weighted by molar-refractivity contribution is 6.30. The lowest BCUT2D eigenvalue weighted by atomic mass is 10.2. The van der Waals surface area contributed by atoms with Crippen LogP contribution >= 0.6 is 11.6 Å². The number of esters is 1. The molecule has 0 saturated carbocycles. The summed E-state index contributed by atoms with van der Waals surface area (Å²) in [4.78, 5) is 11.0. The van der Waals surface area contributed by atoms with Gasteiger partial charge in [0.2, 0.25) is 0 Å². The van der Waals surface area contributed by atoms with E-state index < -0.39 is 5.97 Å². The molecule has 0 spiro atoms. The van der Waals surface area contributed by atoms with Gasteiger partial charge in [-0.05, 0) is 17.7 Å². The van der Waals surface area contributed by atoms with E-state index in [1.165, 1.54) is 6.26 Å². The second kappa shape index (κ2) is 6.09. The van der Waals surface area contributed by atoms with Crippen molar-refractivity contribution in [3.63, 3.8) is 0 Å². The number of carbonyl (C=O) groups excluding carboxylic acids is 1. The molecule has 0 aliphatic heterocycles. The predicted octanol–water partition coefficient (Wildman–Crippen LogP) is 2.54. The van der Waals surface area contributed by atoms with Gasteiger partial charge in [0.1, 0.15) is 6.61 Å². The molecule has 0 aliphatic carbocycles. The smallest absolute Gasteiger partial charge is 0.344 e. The second-order valence-electron chi connectivity index (χ2n) is 2.76. The fourth-order valence-corrected chi connectivity index (χ4v) is 1.04. The van der Waals surface area contributed by atoms with Crippen LogP contribution in [0.2, 0.25) is 5.02 Å². The molecule has 0 amide bonds. The third-order valence-corrected chi connectivity index (χ3v) is 1.88. The maximum Gasteiger partial charge on any atom is 0.344 e. The van der Waals surface area contributed by atoms with E-state index in [2.05, 4.69) is 11.3 Å². The molecular weight excluding hydrogens is 216 g/mol. The summed E-state index contributed by atoms with van der Waals surface area (Å²) in [7, 11) is 0.